The van der Waals surface area contributed by atoms with Crippen molar-refractivity contribution < 1.29 is 33.4 Å². The van der Waals surface area contributed by atoms with Crippen LogP contribution in [0.1, 0.15) is 113 Å². The first-order valence-electron chi connectivity index (χ1n) is 19.1. The van der Waals surface area contributed by atoms with Crippen LogP contribution >= 0.6 is 0 Å². The Hall–Kier alpha value is -5.70. The summed E-state index contributed by atoms with van der Waals surface area (Å²) in [5.74, 6) is -0.627. The molecule has 4 amide bonds. The van der Waals surface area contributed by atoms with Gasteiger partial charge in [0.2, 0.25) is 5.75 Å². The summed E-state index contributed by atoms with van der Waals surface area (Å²) in [5.41, 5.74) is 2.05. The normalized spacial score (nSPS) is 14.1. The zero-order chi connectivity index (χ0) is 37.7. The molecule has 0 radical (unpaired) electrons. The summed E-state index contributed by atoms with van der Waals surface area (Å²) < 4.78 is 16.6. The molecule has 0 spiro atoms. The quantitative estimate of drug-likeness (QED) is 0.0450. The molecule has 0 aliphatic carbocycles. The Balaban J connectivity index is 1.14. The summed E-state index contributed by atoms with van der Waals surface area (Å²) in [6.07, 6.45) is 11.8. The van der Waals surface area contributed by atoms with Gasteiger partial charge in [0, 0.05) is 39.6 Å². The van der Waals surface area contributed by atoms with Crippen LogP contribution < -0.4 is 19.1 Å². The van der Waals surface area contributed by atoms with Crippen molar-refractivity contribution in [2.75, 3.05) is 32.8 Å². The molecule has 9 nitrogen and oxygen atoms in total. The van der Waals surface area contributed by atoms with E-state index in [1.165, 1.54) is 71.2 Å². The third-order valence-electron chi connectivity index (χ3n) is 11.4. The number of unbranched alkanes of at least 4 members (excludes halogenated alkanes) is 9. The number of rotatable bonds is 15. The standard InChI is InChI=1S/C45H44N2O7/c1-5-6-7-8-9-10-11-12-13-14-25-46-42(48)30-19-15-26-28-17-21-32-39-33(22-18-29(37(28)39)27-16-20-31(43(46)49)38(30)36(26)27)45(51)47(44(32)50)34-23-24-35(52-2)41(54-4)40(34)53-3/h15-24H,5-14,25H2,1-4H3. The highest BCUT2D eigenvalue weighted by molar-refractivity contribution is 6.43. The number of fused-ring (bicyclic) bond motifs is 2. The monoisotopic (exact) mass is 724 g/mol. The molecule has 2 aliphatic heterocycles. The number of hydrogen-bond donors (Lipinski definition) is 0. The van der Waals surface area contributed by atoms with E-state index in [-0.39, 0.29) is 29.0 Å². The number of amides is 4. The fourth-order valence-corrected chi connectivity index (χ4v) is 8.76. The van der Waals surface area contributed by atoms with Crippen LogP contribution in [0.4, 0.5) is 5.69 Å². The second-order valence-electron chi connectivity index (χ2n) is 14.4. The molecule has 0 unspecified atom stereocenters. The molecule has 2 heterocycles. The van der Waals surface area contributed by atoms with Crippen molar-refractivity contribution in [2.45, 2.75) is 71.1 Å². The molecule has 0 atom stereocenters. The third-order valence-corrected chi connectivity index (χ3v) is 11.4. The average molecular weight is 725 g/mol. The zero-order valence-electron chi connectivity index (χ0n) is 31.3. The van der Waals surface area contributed by atoms with Crippen molar-refractivity contribution in [3.05, 3.63) is 82.9 Å². The average Bonchev–Trinajstić information content (AvgIpc) is 3.19. The fraction of sp³-hybridized carbons (Fsp3) is 0.333. The van der Waals surface area contributed by atoms with E-state index in [2.05, 4.69) is 6.92 Å². The Labute approximate surface area is 314 Å². The first kappa shape index (κ1) is 35.3. The number of methoxy groups -OCH3 is 3. The Kier molecular flexibility index (Phi) is 9.34. The lowest BCUT2D eigenvalue weighted by molar-refractivity contribution is 0.0607. The van der Waals surface area contributed by atoms with Crippen LogP contribution in [0.3, 0.4) is 0 Å². The van der Waals surface area contributed by atoms with Crippen molar-refractivity contribution in [1.29, 1.82) is 0 Å². The van der Waals surface area contributed by atoms with Crippen molar-refractivity contribution >= 4 is 72.4 Å². The molecule has 2 aliphatic rings. The van der Waals surface area contributed by atoms with Gasteiger partial charge in [0.25, 0.3) is 23.6 Å². The SMILES string of the molecule is CCCCCCCCCCCCN1C(=O)c2ccc3c4ccc5c6c(ccc(c7ccc(c2c37)C1=O)c64)C(=O)N(c1ccc(OC)c(OC)c1OC)C5=O. The maximum absolute atomic E-state index is 14.3. The lowest BCUT2D eigenvalue weighted by Gasteiger charge is -2.31. The Morgan fingerprint density at radius 3 is 1.30 bits per heavy atom. The van der Waals surface area contributed by atoms with Crippen molar-refractivity contribution in [1.82, 2.24) is 4.90 Å². The number of hydrogen-bond acceptors (Lipinski definition) is 7. The number of anilines is 1. The summed E-state index contributed by atoms with van der Waals surface area (Å²) >= 11 is 0. The molecule has 0 N–H and O–H groups in total. The predicted octanol–water partition coefficient (Wildman–Crippen LogP) is 10.1. The van der Waals surface area contributed by atoms with E-state index in [0.717, 1.165) is 56.5 Å². The molecular formula is C45H44N2O7. The van der Waals surface area contributed by atoms with Crippen molar-refractivity contribution in [2.24, 2.45) is 0 Å². The second kappa shape index (κ2) is 14.3. The smallest absolute Gasteiger partial charge is 0.266 e. The van der Waals surface area contributed by atoms with Gasteiger partial charge >= 0.3 is 0 Å². The van der Waals surface area contributed by atoms with E-state index in [1.807, 2.05) is 36.4 Å². The van der Waals surface area contributed by atoms with E-state index < -0.39 is 11.8 Å². The van der Waals surface area contributed by atoms with Gasteiger partial charge in [0.15, 0.2) is 11.5 Å². The van der Waals surface area contributed by atoms with E-state index in [9.17, 15) is 19.2 Å². The summed E-state index contributed by atoms with van der Waals surface area (Å²) in [6, 6.07) is 18.1. The van der Waals surface area contributed by atoms with Crippen LogP contribution in [-0.4, -0.2) is 56.4 Å². The Morgan fingerprint density at radius 1 is 0.444 bits per heavy atom. The summed E-state index contributed by atoms with van der Waals surface area (Å²) in [6.45, 7) is 2.64. The molecule has 9 heteroatoms. The molecule has 276 valence electrons. The molecule has 8 rings (SSSR count). The minimum absolute atomic E-state index is 0.201. The van der Waals surface area contributed by atoms with Gasteiger partial charge in [-0.2, -0.15) is 0 Å². The van der Waals surface area contributed by atoms with Gasteiger partial charge in [-0.15, -0.1) is 0 Å². The Morgan fingerprint density at radius 2 is 0.870 bits per heavy atom. The number of carbonyl (C=O) groups excluding carboxylic acids is 4. The van der Waals surface area contributed by atoms with Gasteiger partial charge in [0.1, 0.15) is 0 Å². The number of benzene rings is 6. The molecule has 54 heavy (non-hydrogen) atoms. The number of ether oxygens (including phenoxy) is 3. The summed E-state index contributed by atoms with van der Waals surface area (Å²) in [5, 5.41) is 6.26. The molecule has 0 bridgehead atoms. The molecular weight excluding hydrogens is 681 g/mol. The van der Waals surface area contributed by atoms with E-state index in [4.69, 9.17) is 14.2 Å². The minimum Gasteiger partial charge on any atom is -0.493 e. The van der Waals surface area contributed by atoms with Gasteiger partial charge in [-0.1, -0.05) is 89.0 Å². The highest BCUT2D eigenvalue weighted by atomic mass is 16.5. The highest BCUT2D eigenvalue weighted by Crippen LogP contribution is 2.49. The van der Waals surface area contributed by atoms with Crippen LogP contribution in [0.5, 0.6) is 17.2 Å². The summed E-state index contributed by atoms with van der Waals surface area (Å²) in [4.78, 5) is 59.1. The molecule has 6 aromatic carbocycles. The maximum Gasteiger partial charge on any atom is 0.266 e. The Bertz CT molecular complexity index is 2380. The fourth-order valence-electron chi connectivity index (χ4n) is 8.76. The molecule has 0 fully saturated rings. The van der Waals surface area contributed by atoms with Crippen LogP contribution in [0.25, 0.3) is 43.1 Å². The lowest BCUT2D eigenvalue weighted by atomic mass is 9.82. The first-order chi connectivity index (χ1) is 26.4. The maximum atomic E-state index is 14.3. The molecule has 0 saturated heterocycles. The van der Waals surface area contributed by atoms with Crippen LogP contribution in [-0.2, 0) is 0 Å². The van der Waals surface area contributed by atoms with Crippen LogP contribution in [0.15, 0.2) is 60.7 Å². The number of carbonyl (C=O) groups is 4. The van der Waals surface area contributed by atoms with Gasteiger partial charge in [0.05, 0.1) is 27.0 Å². The molecule has 0 aromatic heterocycles. The van der Waals surface area contributed by atoms with Gasteiger partial charge in [-0.05, 0) is 75.1 Å². The van der Waals surface area contributed by atoms with Crippen molar-refractivity contribution in [3.63, 3.8) is 0 Å². The van der Waals surface area contributed by atoms with Gasteiger partial charge < -0.3 is 14.2 Å². The minimum atomic E-state index is -0.489. The summed E-state index contributed by atoms with van der Waals surface area (Å²) in [7, 11) is 4.42. The van der Waals surface area contributed by atoms with E-state index >= 15 is 0 Å². The van der Waals surface area contributed by atoms with Gasteiger partial charge in [-0.25, -0.2) is 4.90 Å². The topological polar surface area (TPSA) is 102 Å². The molecule has 0 saturated carbocycles. The highest BCUT2D eigenvalue weighted by Gasteiger charge is 2.39. The lowest BCUT2D eigenvalue weighted by Crippen LogP contribution is -2.41. The van der Waals surface area contributed by atoms with Crippen molar-refractivity contribution in [3.8, 4) is 17.2 Å². The molecule has 6 aromatic rings. The third kappa shape index (κ3) is 5.35. The number of nitrogens with zero attached hydrogens (tertiary/aromatic N) is 2. The zero-order valence-corrected chi connectivity index (χ0v) is 31.3. The van der Waals surface area contributed by atoms with Gasteiger partial charge in [-0.3, -0.25) is 24.1 Å². The number of imide groups is 2. The van der Waals surface area contributed by atoms with Crippen LogP contribution in [0.2, 0.25) is 0 Å². The second-order valence-corrected chi connectivity index (χ2v) is 14.4. The largest absolute Gasteiger partial charge is 0.493 e. The van der Waals surface area contributed by atoms with Crippen LogP contribution in [0, 0.1) is 0 Å². The van der Waals surface area contributed by atoms with E-state index in [1.54, 1.807) is 24.3 Å². The van der Waals surface area contributed by atoms with E-state index in [0.29, 0.717) is 45.3 Å². The predicted molar refractivity (Wildman–Crippen MR) is 212 cm³/mol. The first-order valence-corrected chi connectivity index (χ1v) is 19.1.